The van der Waals surface area contributed by atoms with E-state index in [-0.39, 0.29) is 5.91 Å². The first-order chi connectivity index (χ1) is 15.0. The molecule has 0 saturated carbocycles. The van der Waals surface area contributed by atoms with Gasteiger partial charge in [0.05, 0.1) is 30.0 Å². The lowest BCUT2D eigenvalue weighted by molar-refractivity contribution is 0.0982. The molecular weight excluding hydrogens is 410 g/mol. The lowest BCUT2D eigenvalue weighted by Gasteiger charge is -2.23. The van der Waals surface area contributed by atoms with Crippen LogP contribution >= 0.6 is 11.3 Å². The number of carbonyl (C=O) groups is 1. The van der Waals surface area contributed by atoms with Crippen LogP contribution in [-0.4, -0.2) is 57.2 Å². The van der Waals surface area contributed by atoms with E-state index in [4.69, 9.17) is 14.5 Å². The molecule has 1 heterocycles. The van der Waals surface area contributed by atoms with Crippen molar-refractivity contribution >= 4 is 43.4 Å². The van der Waals surface area contributed by atoms with Gasteiger partial charge in [-0.25, -0.2) is 4.98 Å². The topological polar surface area (TPSA) is 54.9 Å². The molecule has 3 aromatic carbocycles. The third-order valence-electron chi connectivity index (χ3n) is 5.13. The van der Waals surface area contributed by atoms with Crippen molar-refractivity contribution in [2.75, 3.05) is 46.3 Å². The number of benzene rings is 3. The fourth-order valence-electron chi connectivity index (χ4n) is 3.42. The summed E-state index contributed by atoms with van der Waals surface area (Å²) in [4.78, 5) is 22.3. The van der Waals surface area contributed by atoms with E-state index in [0.29, 0.717) is 29.5 Å². The summed E-state index contributed by atoms with van der Waals surface area (Å²) >= 11 is 1.50. The van der Waals surface area contributed by atoms with Gasteiger partial charge in [-0.05, 0) is 49.1 Å². The number of ether oxygens (including phenoxy) is 2. The predicted octanol–water partition coefficient (Wildman–Crippen LogP) is 4.68. The molecule has 0 N–H and O–H groups in total. The first kappa shape index (κ1) is 21.1. The van der Waals surface area contributed by atoms with Gasteiger partial charge in [-0.3, -0.25) is 9.69 Å². The molecule has 0 aliphatic heterocycles. The van der Waals surface area contributed by atoms with E-state index in [1.165, 1.54) is 11.3 Å². The van der Waals surface area contributed by atoms with Crippen LogP contribution in [0, 0.1) is 0 Å². The number of likely N-dealkylation sites (N-methyl/N-ethyl adjacent to an activating group) is 1. The van der Waals surface area contributed by atoms with Gasteiger partial charge in [0.25, 0.3) is 5.91 Å². The molecule has 0 radical (unpaired) electrons. The molecule has 4 aromatic rings. The van der Waals surface area contributed by atoms with Crippen molar-refractivity contribution in [1.82, 2.24) is 9.88 Å². The number of hydrogen-bond donors (Lipinski definition) is 0. The SMILES string of the molecule is COc1ccc2sc(N(CCN(C)C)C(=O)c3cc4ccccc4cc3OC)nc2c1. The number of rotatable bonds is 7. The molecule has 0 aliphatic carbocycles. The van der Waals surface area contributed by atoms with E-state index >= 15 is 0 Å². The zero-order valence-electron chi connectivity index (χ0n) is 18.1. The summed E-state index contributed by atoms with van der Waals surface area (Å²) in [6.07, 6.45) is 0. The number of hydrogen-bond acceptors (Lipinski definition) is 6. The Labute approximate surface area is 185 Å². The zero-order valence-corrected chi connectivity index (χ0v) is 18.9. The van der Waals surface area contributed by atoms with Crippen LogP contribution in [0.2, 0.25) is 0 Å². The van der Waals surface area contributed by atoms with Gasteiger partial charge in [0, 0.05) is 19.2 Å². The number of aromatic nitrogens is 1. The average molecular weight is 436 g/mol. The Balaban J connectivity index is 1.79. The molecule has 0 unspecified atom stereocenters. The van der Waals surface area contributed by atoms with Crippen molar-refractivity contribution in [2.24, 2.45) is 0 Å². The molecule has 0 saturated heterocycles. The third kappa shape index (κ3) is 4.33. The predicted molar refractivity (Wildman–Crippen MR) is 127 cm³/mol. The molecule has 7 heteroatoms. The lowest BCUT2D eigenvalue weighted by Crippen LogP contribution is -2.37. The van der Waals surface area contributed by atoms with Crippen LogP contribution in [0.15, 0.2) is 54.6 Å². The van der Waals surface area contributed by atoms with E-state index < -0.39 is 0 Å². The molecule has 0 fully saturated rings. The summed E-state index contributed by atoms with van der Waals surface area (Å²) in [5.74, 6) is 1.17. The fourth-order valence-corrected chi connectivity index (χ4v) is 4.39. The minimum absolute atomic E-state index is 0.129. The monoisotopic (exact) mass is 435 g/mol. The van der Waals surface area contributed by atoms with Crippen LogP contribution in [-0.2, 0) is 0 Å². The van der Waals surface area contributed by atoms with E-state index in [1.807, 2.05) is 73.6 Å². The van der Waals surface area contributed by atoms with E-state index in [0.717, 1.165) is 26.7 Å². The highest BCUT2D eigenvalue weighted by atomic mass is 32.1. The van der Waals surface area contributed by atoms with Crippen LogP contribution in [0.1, 0.15) is 10.4 Å². The fraction of sp³-hybridized carbons (Fsp3) is 0.250. The second-order valence-electron chi connectivity index (χ2n) is 7.49. The van der Waals surface area contributed by atoms with E-state index in [1.54, 1.807) is 19.1 Å². The molecule has 31 heavy (non-hydrogen) atoms. The standard InChI is InChI=1S/C24H25N3O3S/c1-26(2)11-12-27(24-25-20-15-18(29-3)9-10-22(20)31-24)23(28)19-13-16-7-5-6-8-17(16)14-21(19)30-4/h5-10,13-15H,11-12H2,1-4H3. The number of anilines is 1. The van der Waals surface area contributed by atoms with Gasteiger partial charge in [-0.1, -0.05) is 35.6 Å². The van der Waals surface area contributed by atoms with Crippen molar-refractivity contribution in [2.45, 2.75) is 0 Å². The molecule has 4 rings (SSSR count). The second-order valence-corrected chi connectivity index (χ2v) is 8.50. The summed E-state index contributed by atoms with van der Waals surface area (Å²) in [5, 5.41) is 2.68. The second kappa shape index (κ2) is 8.91. The Hall–Kier alpha value is -3.16. The first-order valence-electron chi connectivity index (χ1n) is 9.98. The van der Waals surface area contributed by atoms with Gasteiger partial charge in [-0.2, -0.15) is 0 Å². The van der Waals surface area contributed by atoms with Gasteiger partial charge >= 0.3 is 0 Å². The molecule has 0 aliphatic rings. The van der Waals surface area contributed by atoms with Gasteiger partial charge < -0.3 is 14.4 Å². The Bertz CT molecular complexity index is 1240. The Morgan fingerprint density at radius 1 is 0.968 bits per heavy atom. The van der Waals surface area contributed by atoms with Crippen LogP contribution in [0.3, 0.4) is 0 Å². The number of thiazole rings is 1. The van der Waals surface area contributed by atoms with Crippen LogP contribution in [0.4, 0.5) is 5.13 Å². The highest BCUT2D eigenvalue weighted by Gasteiger charge is 2.24. The maximum absolute atomic E-state index is 13.8. The summed E-state index contributed by atoms with van der Waals surface area (Å²) < 4.78 is 11.9. The van der Waals surface area contributed by atoms with Gasteiger partial charge in [-0.15, -0.1) is 0 Å². The van der Waals surface area contributed by atoms with Crippen LogP contribution in [0.25, 0.3) is 21.0 Å². The summed E-state index contributed by atoms with van der Waals surface area (Å²) in [6, 6.07) is 17.5. The lowest BCUT2D eigenvalue weighted by atomic mass is 10.0. The molecule has 6 nitrogen and oxygen atoms in total. The number of amides is 1. The van der Waals surface area contributed by atoms with Gasteiger partial charge in [0.2, 0.25) is 0 Å². The van der Waals surface area contributed by atoms with Crippen molar-refractivity contribution < 1.29 is 14.3 Å². The maximum Gasteiger partial charge on any atom is 0.263 e. The normalized spacial score (nSPS) is 11.3. The minimum Gasteiger partial charge on any atom is -0.497 e. The zero-order chi connectivity index (χ0) is 22.0. The molecular formula is C24H25N3O3S. The van der Waals surface area contributed by atoms with Gasteiger partial charge in [0.15, 0.2) is 5.13 Å². The van der Waals surface area contributed by atoms with E-state index in [2.05, 4.69) is 0 Å². The number of fused-ring (bicyclic) bond motifs is 2. The quantitative estimate of drug-likeness (QED) is 0.422. The van der Waals surface area contributed by atoms with Crippen molar-refractivity contribution in [3.05, 3.63) is 60.2 Å². The molecule has 0 bridgehead atoms. The molecule has 0 atom stereocenters. The summed E-state index contributed by atoms with van der Waals surface area (Å²) in [5.41, 5.74) is 1.34. The Morgan fingerprint density at radius 2 is 1.71 bits per heavy atom. The first-order valence-corrected chi connectivity index (χ1v) is 10.8. The van der Waals surface area contributed by atoms with Crippen molar-refractivity contribution in [1.29, 1.82) is 0 Å². The highest BCUT2D eigenvalue weighted by molar-refractivity contribution is 7.22. The van der Waals surface area contributed by atoms with Crippen molar-refractivity contribution in [3.8, 4) is 11.5 Å². The molecule has 160 valence electrons. The highest BCUT2D eigenvalue weighted by Crippen LogP contribution is 2.34. The van der Waals surface area contributed by atoms with Gasteiger partial charge in [0.1, 0.15) is 11.5 Å². The summed E-state index contributed by atoms with van der Waals surface area (Å²) in [7, 11) is 7.20. The van der Waals surface area contributed by atoms with Crippen LogP contribution < -0.4 is 14.4 Å². The van der Waals surface area contributed by atoms with Crippen molar-refractivity contribution in [3.63, 3.8) is 0 Å². The smallest absolute Gasteiger partial charge is 0.263 e. The van der Waals surface area contributed by atoms with E-state index in [9.17, 15) is 4.79 Å². The maximum atomic E-state index is 13.8. The average Bonchev–Trinajstić information content (AvgIpc) is 3.20. The molecule has 0 spiro atoms. The number of methoxy groups -OCH3 is 2. The Kier molecular flexibility index (Phi) is 6.06. The summed E-state index contributed by atoms with van der Waals surface area (Å²) in [6.45, 7) is 1.22. The third-order valence-corrected chi connectivity index (χ3v) is 6.19. The minimum atomic E-state index is -0.129. The molecule has 1 amide bonds. The largest absolute Gasteiger partial charge is 0.497 e. The number of carbonyl (C=O) groups excluding carboxylic acids is 1. The molecule has 1 aromatic heterocycles. The number of nitrogens with zero attached hydrogens (tertiary/aromatic N) is 3. The van der Waals surface area contributed by atoms with Crippen LogP contribution in [0.5, 0.6) is 11.5 Å². The Morgan fingerprint density at radius 3 is 2.39 bits per heavy atom.